The highest BCUT2D eigenvalue weighted by atomic mass is 16.5. The lowest BCUT2D eigenvalue weighted by Gasteiger charge is -2.10. The summed E-state index contributed by atoms with van der Waals surface area (Å²) in [5.41, 5.74) is 3.82. The van der Waals surface area contributed by atoms with Crippen molar-refractivity contribution in [3.8, 4) is 0 Å². The van der Waals surface area contributed by atoms with Crippen LogP contribution in [0.2, 0.25) is 0 Å². The summed E-state index contributed by atoms with van der Waals surface area (Å²) in [5, 5.41) is 2.24. The Morgan fingerprint density at radius 3 is 1.93 bits per heavy atom. The summed E-state index contributed by atoms with van der Waals surface area (Å²) in [6.07, 6.45) is 1.58. The van der Waals surface area contributed by atoms with Crippen molar-refractivity contribution in [1.29, 1.82) is 0 Å². The van der Waals surface area contributed by atoms with Gasteiger partial charge in [0, 0.05) is 6.08 Å². The van der Waals surface area contributed by atoms with Crippen LogP contribution in [0.15, 0.2) is 109 Å². The van der Waals surface area contributed by atoms with Crippen molar-refractivity contribution in [1.82, 2.24) is 0 Å². The summed E-state index contributed by atoms with van der Waals surface area (Å²) in [6.45, 7) is 0.244. The number of benzene rings is 4. The van der Waals surface area contributed by atoms with Crippen LogP contribution in [0.3, 0.4) is 0 Å². The molecule has 0 N–H and O–H groups in total. The second kappa shape index (κ2) is 8.36. The first-order chi connectivity index (χ1) is 13.8. The first kappa shape index (κ1) is 17.7. The molecule has 0 amide bonds. The average Bonchev–Trinajstić information content (AvgIpc) is 2.77. The fourth-order valence-corrected chi connectivity index (χ4v) is 3.30. The lowest BCUT2D eigenvalue weighted by atomic mass is 9.98. The Balaban J connectivity index is 1.59. The Kier molecular flexibility index (Phi) is 5.30. The standard InChI is InChI=1S/C26H20O2/c27-26(28-19-23-16-9-15-20-14-7-8-17-24(20)23)18-25(21-10-3-1-4-11-21)22-12-5-2-6-13-22/h1-18H,19H2. The Hall–Kier alpha value is -3.65. The molecule has 4 aromatic carbocycles. The average molecular weight is 364 g/mol. The third-order valence-electron chi connectivity index (χ3n) is 4.68. The molecule has 4 rings (SSSR count). The molecule has 0 spiro atoms. The van der Waals surface area contributed by atoms with Gasteiger partial charge >= 0.3 is 5.97 Å². The molecule has 0 aliphatic carbocycles. The second-order valence-electron chi connectivity index (χ2n) is 6.54. The monoisotopic (exact) mass is 364 g/mol. The molecule has 0 aliphatic heterocycles. The maximum atomic E-state index is 12.6. The summed E-state index contributed by atoms with van der Waals surface area (Å²) in [7, 11) is 0. The van der Waals surface area contributed by atoms with Crippen LogP contribution in [-0.4, -0.2) is 5.97 Å². The van der Waals surface area contributed by atoms with E-state index in [4.69, 9.17) is 4.74 Å². The highest BCUT2D eigenvalue weighted by Gasteiger charge is 2.09. The molecule has 0 atom stereocenters. The van der Waals surface area contributed by atoms with Crippen LogP contribution in [0.5, 0.6) is 0 Å². The van der Waals surface area contributed by atoms with E-state index in [-0.39, 0.29) is 12.6 Å². The molecule has 0 fully saturated rings. The van der Waals surface area contributed by atoms with E-state index in [9.17, 15) is 4.79 Å². The molecule has 0 radical (unpaired) electrons. The lowest BCUT2D eigenvalue weighted by Crippen LogP contribution is -2.03. The zero-order valence-electron chi connectivity index (χ0n) is 15.4. The van der Waals surface area contributed by atoms with Gasteiger partial charge in [0.25, 0.3) is 0 Å². The Labute approximate surface area is 164 Å². The van der Waals surface area contributed by atoms with Gasteiger partial charge in [0.1, 0.15) is 6.61 Å². The van der Waals surface area contributed by atoms with Gasteiger partial charge in [0.05, 0.1) is 0 Å². The minimum atomic E-state index is -0.351. The van der Waals surface area contributed by atoms with Crippen LogP contribution >= 0.6 is 0 Å². The molecule has 4 aromatic rings. The number of ether oxygens (including phenoxy) is 1. The van der Waals surface area contributed by atoms with E-state index in [0.29, 0.717) is 0 Å². The summed E-state index contributed by atoms with van der Waals surface area (Å²) in [4.78, 5) is 12.6. The van der Waals surface area contributed by atoms with Gasteiger partial charge in [-0.2, -0.15) is 0 Å². The van der Waals surface area contributed by atoms with Gasteiger partial charge < -0.3 is 4.74 Å². The van der Waals surface area contributed by atoms with Crippen molar-refractivity contribution in [2.24, 2.45) is 0 Å². The van der Waals surface area contributed by atoms with Crippen molar-refractivity contribution in [2.75, 3.05) is 0 Å². The molecule has 0 heterocycles. The fourth-order valence-electron chi connectivity index (χ4n) is 3.30. The summed E-state index contributed by atoms with van der Waals surface area (Å²) >= 11 is 0. The topological polar surface area (TPSA) is 26.3 Å². The first-order valence-electron chi connectivity index (χ1n) is 9.27. The minimum absolute atomic E-state index is 0.244. The van der Waals surface area contributed by atoms with E-state index in [1.54, 1.807) is 6.08 Å². The van der Waals surface area contributed by atoms with Crippen molar-refractivity contribution in [3.63, 3.8) is 0 Å². The lowest BCUT2D eigenvalue weighted by molar-refractivity contribution is -0.138. The number of hydrogen-bond acceptors (Lipinski definition) is 2. The van der Waals surface area contributed by atoms with E-state index in [1.807, 2.05) is 91.0 Å². The van der Waals surface area contributed by atoms with Crippen LogP contribution in [0, 0.1) is 0 Å². The maximum Gasteiger partial charge on any atom is 0.331 e. The smallest absolute Gasteiger partial charge is 0.331 e. The Morgan fingerprint density at radius 1 is 0.679 bits per heavy atom. The second-order valence-corrected chi connectivity index (χ2v) is 6.54. The first-order valence-corrected chi connectivity index (χ1v) is 9.27. The fraction of sp³-hybridized carbons (Fsp3) is 0.0385. The maximum absolute atomic E-state index is 12.6. The van der Waals surface area contributed by atoms with E-state index < -0.39 is 0 Å². The molecule has 2 heteroatoms. The van der Waals surface area contributed by atoms with Crippen LogP contribution < -0.4 is 0 Å². The van der Waals surface area contributed by atoms with Crippen molar-refractivity contribution in [2.45, 2.75) is 6.61 Å². The van der Waals surface area contributed by atoms with Crippen molar-refractivity contribution >= 4 is 22.3 Å². The van der Waals surface area contributed by atoms with Crippen molar-refractivity contribution < 1.29 is 9.53 Å². The van der Waals surface area contributed by atoms with Gasteiger partial charge in [0.2, 0.25) is 0 Å². The number of rotatable bonds is 5. The molecule has 0 aliphatic rings. The molecule has 136 valence electrons. The van der Waals surface area contributed by atoms with Gasteiger partial charge in [-0.05, 0) is 33.0 Å². The van der Waals surface area contributed by atoms with Crippen molar-refractivity contribution in [3.05, 3.63) is 126 Å². The molecule has 0 saturated heterocycles. The molecule has 28 heavy (non-hydrogen) atoms. The Bertz CT molecular complexity index is 1070. The third kappa shape index (κ3) is 4.02. The van der Waals surface area contributed by atoms with Gasteiger partial charge in [-0.25, -0.2) is 4.79 Å². The molecule has 0 aromatic heterocycles. The molecule has 0 unspecified atom stereocenters. The largest absolute Gasteiger partial charge is 0.458 e. The number of carbonyl (C=O) groups excluding carboxylic acids is 1. The van der Waals surface area contributed by atoms with Gasteiger partial charge in [-0.3, -0.25) is 0 Å². The van der Waals surface area contributed by atoms with Crippen LogP contribution in [0.25, 0.3) is 16.3 Å². The van der Waals surface area contributed by atoms with E-state index in [2.05, 4.69) is 12.1 Å². The highest BCUT2D eigenvalue weighted by molar-refractivity contribution is 5.96. The number of hydrogen-bond donors (Lipinski definition) is 0. The molecular formula is C26H20O2. The van der Waals surface area contributed by atoms with Gasteiger partial charge in [-0.1, -0.05) is 103 Å². The molecule has 0 bridgehead atoms. The van der Waals surface area contributed by atoms with E-state index in [1.165, 1.54) is 0 Å². The van der Waals surface area contributed by atoms with Crippen LogP contribution in [0.4, 0.5) is 0 Å². The normalized spacial score (nSPS) is 10.4. The summed E-state index contributed by atoms with van der Waals surface area (Å²) in [6, 6.07) is 33.9. The highest BCUT2D eigenvalue weighted by Crippen LogP contribution is 2.24. The van der Waals surface area contributed by atoms with E-state index >= 15 is 0 Å². The minimum Gasteiger partial charge on any atom is -0.458 e. The SMILES string of the molecule is O=C(C=C(c1ccccc1)c1ccccc1)OCc1cccc2ccccc12. The number of esters is 1. The van der Waals surface area contributed by atoms with Crippen LogP contribution in [-0.2, 0) is 16.1 Å². The third-order valence-corrected chi connectivity index (χ3v) is 4.68. The number of carbonyl (C=O) groups is 1. The molecule has 0 saturated carbocycles. The molecular weight excluding hydrogens is 344 g/mol. The van der Waals surface area contributed by atoms with Crippen LogP contribution in [0.1, 0.15) is 16.7 Å². The predicted molar refractivity (Wildman–Crippen MR) is 114 cm³/mol. The Morgan fingerprint density at radius 2 is 1.25 bits per heavy atom. The zero-order chi connectivity index (χ0) is 19.2. The van der Waals surface area contributed by atoms with E-state index in [0.717, 1.165) is 33.0 Å². The predicted octanol–water partition coefficient (Wildman–Crippen LogP) is 6.01. The van der Waals surface area contributed by atoms with Gasteiger partial charge in [0.15, 0.2) is 0 Å². The number of fused-ring (bicyclic) bond motifs is 1. The zero-order valence-corrected chi connectivity index (χ0v) is 15.4. The summed E-state index contributed by atoms with van der Waals surface area (Å²) in [5.74, 6) is -0.351. The quantitative estimate of drug-likeness (QED) is 0.320. The molecule has 2 nitrogen and oxygen atoms in total. The summed E-state index contributed by atoms with van der Waals surface area (Å²) < 4.78 is 5.59. The van der Waals surface area contributed by atoms with Gasteiger partial charge in [-0.15, -0.1) is 0 Å².